The average Bonchev–Trinajstić information content (AvgIpc) is 3.38. The van der Waals surface area contributed by atoms with E-state index in [2.05, 4.69) is 5.32 Å². The Balaban J connectivity index is 1.59. The summed E-state index contributed by atoms with van der Waals surface area (Å²) in [5.41, 5.74) is 1.61. The van der Waals surface area contributed by atoms with Crippen molar-refractivity contribution in [2.45, 2.75) is 6.92 Å². The van der Waals surface area contributed by atoms with Gasteiger partial charge in [-0.1, -0.05) is 24.3 Å². The Hall–Kier alpha value is -3.93. The van der Waals surface area contributed by atoms with Crippen LogP contribution in [0, 0.1) is 5.82 Å². The number of carbonyl (C=O) groups is 2. The van der Waals surface area contributed by atoms with Crippen LogP contribution in [0.3, 0.4) is 0 Å². The van der Waals surface area contributed by atoms with E-state index >= 15 is 0 Å². The molecule has 4 rings (SSSR count). The van der Waals surface area contributed by atoms with Crippen molar-refractivity contribution in [1.82, 2.24) is 0 Å². The predicted molar refractivity (Wildman–Crippen MR) is 106 cm³/mol. The molecule has 2 heterocycles. The zero-order chi connectivity index (χ0) is 20.4. The van der Waals surface area contributed by atoms with Crippen LogP contribution in [0.2, 0.25) is 0 Å². The maximum atomic E-state index is 13.8. The highest BCUT2D eigenvalue weighted by Gasteiger charge is 2.17. The van der Waals surface area contributed by atoms with Gasteiger partial charge in [0.2, 0.25) is 0 Å². The van der Waals surface area contributed by atoms with Crippen LogP contribution in [-0.2, 0) is 0 Å². The molecular formula is C23H16FNO4. The van der Waals surface area contributed by atoms with Gasteiger partial charge in [-0.15, -0.1) is 0 Å². The van der Waals surface area contributed by atoms with Crippen LogP contribution in [-0.4, -0.2) is 11.7 Å². The molecule has 0 fully saturated rings. The number of hydrogen-bond donors (Lipinski definition) is 1. The third kappa shape index (κ3) is 3.73. The molecule has 0 aliphatic carbocycles. The van der Waals surface area contributed by atoms with Crippen molar-refractivity contribution in [3.63, 3.8) is 0 Å². The maximum absolute atomic E-state index is 13.8. The Morgan fingerprint density at radius 1 is 0.897 bits per heavy atom. The fourth-order valence-corrected chi connectivity index (χ4v) is 2.99. The number of amides is 1. The molecule has 4 aromatic rings. The number of Topliss-reactive ketones (excluding diaryl/α,β-unsaturated/α-hetero) is 1. The summed E-state index contributed by atoms with van der Waals surface area (Å²) < 4.78 is 25.0. The van der Waals surface area contributed by atoms with E-state index in [1.54, 1.807) is 42.5 Å². The molecule has 0 saturated heterocycles. The summed E-state index contributed by atoms with van der Waals surface area (Å²) in [6.07, 6.45) is 1.44. The van der Waals surface area contributed by atoms with Gasteiger partial charge >= 0.3 is 0 Å². The van der Waals surface area contributed by atoms with E-state index < -0.39 is 11.7 Å². The summed E-state index contributed by atoms with van der Waals surface area (Å²) in [5.74, 6) is 0.0832. The second-order valence-corrected chi connectivity index (χ2v) is 6.40. The number of anilines is 1. The fourth-order valence-electron chi connectivity index (χ4n) is 2.99. The lowest BCUT2D eigenvalue weighted by Gasteiger charge is -2.07. The second kappa shape index (κ2) is 7.59. The molecular weight excluding hydrogens is 373 g/mol. The van der Waals surface area contributed by atoms with Crippen LogP contribution in [0.25, 0.3) is 22.8 Å². The number of hydrogen-bond acceptors (Lipinski definition) is 4. The van der Waals surface area contributed by atoms with E-state index in [0.29, 0.717) is 34.1 Å². The Kier molecular flexibility index (Phi) is 4.83. The molecule has 2 aromatic carbocycles. The number of rotatable bonds is 5. The quantitative estimate of drug-likeness (QED) is 0.438. The van der Waals surface area contributed by atoms with Gasteiger partial charge in [-0.25, -0.2) is 4.39 Å². The predicted octanol–water partition coefficient (Wildman–Crippen LogP) is 5.80. The molecule has 0 aliphatic heterocycles. The van der Waals surface area contributed by atoms with Crippen molar-refractivity contribution in [2.75, 3.05) is 5.32 Å². The molecule has 6 heteroatoms. The van der Waals surface area contributed by atoms with Crippen LogP contribution >= 0.6 is 0 Å². The molecule has 29 heavy (non-hydrogen) atoms. The minimum Gasteiger partial charge on any atom is -0.460 e. The van der Waals surface area contributed by atoms with Gasteiger partial charge in [0, 0.05) is 11.3 Å². The number of halogens is 1. The fraction of sp³-hybridized carbons (Fsp3) is 0.0435. The summed E-state index contributed by atoms with van der Waals surface area (Å²) >= 11 is 0. The molecule has 0 atom stereocenters. The van der Waals surface area contributed by atoms with Crippen LogP contribution < -0.4 is 5.32 Å². The minimum atomic E-state index is -0.587. The largest absolute Gasteiger partial charge is 0.460 e. The molecule has 5 nitrogen and oxygen atoms in total. The third-order valence-corrected chi connectivity index (χ3v) is 4.40. The van der Waals surface area contributed by atoms with E-state index in [4.69, 9.17) is 8.83 Å². The Morgan fingerprint density at radius 3 is 2.48 bits per heavy atom. The molecule has 0 radical (unpaired) electrons. The first-order valence-electron chi connectivity index (χ1n) is 8.88. The number of nitrogens with one attached hydrogen (secondary N) is 1. The minimum absolute atomic E-state index is 0.0345. The maximum Gasteiger partial charge on any atom is 0.258 e. The number of ketones is 1. The van der Waals surface area contributed by atoms with Crippen LogP contribution in [0.1, 0.15) is 27.6 Å². The third-order valence-electron chi connectivity index (χ3n) is 4.40. The number of benzene rings is 2. The van der Waals surface area contributed by atoms with Gasteiger partial charge in [0.25, 0.3) is 5.91 Å². The van der Waals surface area contributed by atoms with Crippen molar-refractivity contribution in [3.05, 3.63) is 89.9 Å². The molecule has 0 spiro atoms. The molecule has 1 amide bonds. The standard InChI is InChI=1S/C23H16FNO4/c1-14(26)17-11-12-28-22(17)21-10-9-20(29-21)15-5-4-6-16(13-15)25-23(27)18-7-2-3-8-19(18)24/h2-13H,1H3,(H,25,27). The van der Waals surface area contributed by atoms with Crippen molar-refractivity contribution in [2.24, 2.45) is 0 Å². The highest BCUT2D eigenvalue weighted by Crippen LogP contribution is 2.32. The first-order valence-corrected chi connectivity index (χ1v) is 8.88. The second-order valence-electron chi connectivity index (χ2n) is 6.40. The lowest BCUT2D eigenvalue weighted by atomic mass is 10.1. The monoisotopic (exact) mass is 389 g/mol. The lowest BCUT2D eigenvalue weighted by molar-refractivity contribution is 0.101. The van der Waals surface area contributed by atoms with Gasteiger partial charge in [-0.05, 0) is 49.4 Å². The van der Waals surface area contributed by atoms with Gasteiger partial charge in [0.15, 0.2) is 17.3 Å². The van der Waals surface area contributed by atoms with E-state index in [9.17, 15) is 14.0 Å². The van der Waals surface area contributed by atoms with Crippen molar-refractivity contribution in [3.8, 4) is 22.8 Å². The lowest BCUT2D eigenvalue weighted by Crippen LogP contribution is -2.13. The molecule has 0 bridgehead atoms. The smallest absolute Gasteiger partial charge is 0.258 e. The van der Waals surface area contributed by atoms with Gasteiger partial charge in [0.1, 0.15) is 11.6 Å². The van der Waals surface area contributed by atoms with Crippen molar-refractivity contribution in [1.29, 1.82) is 0 Å². The Bertz CT molecular complexity index is 1200. The number of furan rings is 2. The summed E-state index contributed by atoms with van der Waals surface area (Å²) in [6.45, 7) is 1.46. The van der Waals surface area contributed by atoms with Crippen LogP contribution in [0.15, 0.2) is 81.8 Å². The van der Waals surface area contributed by atoms with E-state index in [1.165, 1.54) is 31.4 Å². The van der Waals surface area contributed by atoms with E-state index in [0.717, 1.165) is 0 Å². The highest BCUT2D eigenvalue weighted by molar-refractivity contribution is 6.04. The van der Waals surface area contributed by atoms with E-state index in [1.807, 2.05) is 6.07 Å². The van der Waals surface area contributed by atoms with Gasteiger partial charge < -0.3 is 14.2 Å². The topological polar surface area (TPSA) is 72.5 Å². The first-order chi connectivity index (χ1) is 14.0. The summed E-state index contributed by atoms with van der Waals surface area (Å²) in [5, 5.41) is 2.68. The Morgan fingerprint density at radius 2 is 1.69 bits per heavy atom. The summed E-state index contributed by atoms with van der Waals surface area (Å²) in [6, 6.07) is 17.8. The zero-order valence-electron chi connectivity index (χ0n) is 15.4. The summed E-state index contributed by atoms with van der Waals surface area (Å²) in [4.78, 5) is 24.0. The number of carbonyl (C=O) groups excluding carboxylic acids is 2. The van der Waals surface area contributed by atoms with Gasteiger partial charge in [-0.3, -0.25) is 9.59 Å². The van der Waals surface area contributed by atoms with Crippen molar-refractivity contribution < 1.29 is 22.8 Å². The molecule has 0 unspecified atom stereocenters. The summed E-state index contributed by atoms with van der Waals surface area (Å²) in [7, 11) is 0. The van der Waals surface area contributed by atoms with Gasteiger partial charge in [-0.2, -0.15) is 0 Å². The highest BCUT2D eigenvalue weighted by atomic mass is 19.1. The molecule has 2 aromatic heterocycles. The SMILES string of the molecule is CC(=O)c1ccoc1-c1ccc(-c2cccc(NC(=O)c3ccccc3F)c2)o1. The Labute approximate surface area is 165 Å². The van der Waals surface area contributed by atoms with E-state index in [-0.39, 0.29) is 11.3 Å². The van der Waals surface area contributed by atoms with Crippen LogP contribution in [0.4, 0.5) is 10.1 Å². The molecule has 0 saturated carbocycles. The van der Waals surface area contributed by atoms with Gasteiger partial charge in [0.05, 0.1) is 17.4 Å². The first kappa shape index (κ1) is 18.4. The van der Waals surface area contributed by atoms with Crippen LogP contribution in [0.5, 0.6) is 0 Å². The van der Waals surface area contributed by atoms with Crippen molar-refractivity contribution >= 4 is 17.4 Å². The zero-order valence-corrected chi connectivity index (χ0v) is 15.4. The normalized spacial score (nSPS) is 10.7. The molecule has 144 valence electrons. The average molecular weight is 389 g/mol. The molecule has 1 N–H and O–H groups in total. The molecule has 0 aliphatic rings.